The predicted molar refractivity (Wildman–Crippen MR) is 27.4 cm³/mol. The van der Waals surface area contributed by atoms with Gasteiger partial charge in [0.15, 0.2) is 0 Å². The Balaban J connectivity index is 0. The zero-order chi connectivity index (χ0) is 3.41. The Morgan fingerprint density at radius 2 is 1.80 bits per heavy atom. The minimum atomic E-state index is 0. The Bertz CT molecular complexity index is 5.61. The molecule has 0 aromatic rings. The van der Waals surface area contributed by atoms with Gasteiger partial charge < -0.3 is 0 Å². The third-order valence-electron chi connectivity index (χ3n) is 0.354. The second-order valence-electron chi connectivity index (χ2n) is 0.854. The average Bonchev–Trinajstić information content (AvgIpc) is 1.37. The van der Waals surface area contributed by atoms with E-state index in [-0.39, 0.29) is 29.6 Å². The Labute approximate surface area is 56.2 Å². The molecule has 0 nitrogen and oxygen atoms in total. The molecule has 0 amide bonds. The molecule has 0 aromatic carbocycles. The molecule has 0 fully saturated rings. The van der Waals surface area contributed by atoms with E-state index in [1.807, 2.05) is 0 Å². The molecular formula is C4H10Na. The zero-order valence-corrected chi connectivity index (χ0v) is 3.12. The SMILES string of the molecule is [CH2]CCC.[NaH]. The Morgan fingerprint density at radius 1 is 1.60 bits per heavy atom. The van der Waals surface area contributed by atoms with Crippen LogP contribution in [0.5, 0.6) is 0 Å². The summed E-state index contributed by atoms with van der Waals surface area (Å²) in [6.45, 7) is 5.72. The summed E-state index contributed by atoms with van der Waals surface area (Å²) in [6.07, 6.45) is 2.28. The van der Waals surface area contributed by atoms with Crippen LogP contribution in [0, 0.1) is 6.92 Å². The molecule has 0 bridgehead atoms. The third-order valence-corrected chi connectivity index (χ3v) is 0.354. The molecule has 0 aliphatic rings. The first-order chi connectivity index (χ1) is 1.91. The molecule has 0 aliphatic carbocycles. The number of hydrogen-bond acceptors (Lipinski definition) is 0. The number of rotatable bonds is 1. The van der Waals surface area contributed by atoms with Gasteiger partial charge in [-0.2, -0.15) is 0 Å². The Kier molecular flexibility index (Phi) is 16.7. The molecule has 0 heterocycles. The monoisotopic (exact) mass is 81.1 g/mol. The molecule has 0 aliphatic heterocycles. The van der Waals surface area contributed by atoms with E-state index < -0.39 is 0 Å². The van der Waals surface area contributed by atoms with Gasteiger partial charge in [-0.1, -0.05) is 26.7 Å². The van der Waals surface area contributed by atoms with Crippen LogP contribution in [0.3, 0.4) is 0 Å². The van der Waals surface area contributed by atoms with Gasteiger partial charge in [-0.05, 0) is 0 Å². The van der Waals surface area contributed by atoms with Crippen LogP contribution in [-0.2, 0) is 0 Å². The van der Waals surface area contributed by atoms with Crippen LogP contribution in [0.1, 0.15) is 19.8 Å². The number of unbranched alkanes of at least 4 members (excludes halogenated alkanes) is 1. The second kappa shape index (κ2) is 8.89. The van der Waals surface area contributed by atoms with Crippen LogP contribution in [0.25, 0.3) is 0 Å². The van der Waals surface area contributed by atoms with Crippen molar-refractivity contribution in [2.24, 2.45) is 0 Å². The van der Waals surface area contributed by atoms with Crippen LogP contribution < -0.4 is 0 Å². The van der Waals surface area contributed by atoms with E-state index in [9.17, 15) is 0 Å². The quantitative estimate of drug-likeness (QED) is 0.412. The molecule has 0 saturated carbocycles. The van der Waals surface area contributed by atoms with Crippen molar-refractivity contribution in [3.8, 4) is 0 Å². The van der Waals surface area contributed by atoms with Crippen molar-refractivity contribution in [1.82, 2.24) is 0 Å². The van der Waals surface area contributed by atoms with E-state index >= 15 is 0 Å². The molecule has 1 radical (unpaired) electrons. The molecule has 1 heteroatoms. The summed E-state index contributed by atoms with van der Waals surface area (Å²) in [4.78, 5) is 0. The normalized spacial score (nSPS) is 6.00. The van der Waals surface area contributed by atoms with Crippen molar-refractivity contribution in [1.29, 1.82) is 0 Å². The van der Waals surface area contributed by atoms with Crippen LogP contribution in [0.15, 0.2) is 0 Å². The van der Waals surface area contributed by atoms with Crippen LogP contribution in [0.4, 0.5) is 0 Å². The van der Waals surface area contributed by atoms with Gasteiger partial charge in [0.25, 0.3) is 0 Å². The molecule has 0 unspecified atom stereocenters. The van der Waals surface area contributed by atoms with E-state index in [0.29, 0.717) is 0 Å². The van der Waals surface area contributed by atoms with Gasteiger partial charge in [0, 0.05) is 0 Å². The maximum atomic E-state index is 3.60. The second-order valence-corrected chi connectivity index (χ2v) is 0.854. The van der Waals surface area contributed by atoms with Crippen LogP contribution in [-0.4, -0.2) is 29.6 Å². The van der Waals surface area contributed by atoms with Gasteiger partial charge in [-0.25, -0.2) is 0 Å². The molecule has 0 spiro atoms. The van der Waals surface area contributed by atoms with E-state index in [0.717, 1.165) is 6.42 Å². The first kappa shape index (κ1) is 9.38. The summed E-state index contributed by atoms with van der Waals surface area (Å²) in [5.74, 6) is 0. The topological polar surface area (TPSA) is 0 Å². The maximum absolute atomic E-state index is 3.60. The average molecular weight is 81.1 g/mol. The first-order valence-electron chi connectivity index (χ1n) is 1.71. The molecule has 0 N–H and O–H groups in total. The summed E-state index contributed by atoms with van der Waals surface area (Å²) in [5, 5.41) is 0. The van der Waals surface area contributed by atoms with E-state index in [1.165, 1.54) is 6.42 Å². The summed E-state index contributed by atoms with van der Waals surface area (Å²) in [5.41, 5.74) is 0. The summed E-state index contributed by atoms with van der Waals surface area (Å²) in [7, 11) is 0. The fraction of sp³-hybridized carbons (Fsp3) is 0.750. The molecular weight excluding hydrogens is 71.0 g/mol. The third kappa shape index (κ3) is 11.2. The van der Waals surface area contributed by atoms with Crippen molar-refractivity contribution in [3.63, 3.8) is 0 Å². The molecule has 27 valence electrons. The molecule has 0 saturated heterocycles. The first-order valence-corrected chi connectivity index (χ1v) is 1.71. The van der Waals surface area contributed by atoms with Crippen molar-refractivity contribution >= 4 is 29.6 Å². The summed E-state index contributed by atoms with van der Waals surface area (Å²) >= 11 is 0. The van der Waals surface area contributed by atoms with Crippen molar-refractivity contribution in [3.05, 3.63) is 6.92 Å². The predicted octanol–water partition coefficient (Wildman–Crippen LogP) is 0.972. The van der Waals surface area contributed by atoms with E-state index in [4.69, 9.17) is 0 Å². The Hall–Kier alpha value is 1.00. The fourth-order valence-electron chi connectivity index (χ4n) is 0. The van der Waals surface area contributed by atoms with Crippen molar-refractivity contribution in [2.75, 3.05) is 0 Å². The number of hydrogen-bond donors (Lipinski definition) is 0. The van der Waals surface area contributed by atoms with Gasteiger partial charge in [0.05, 0.1) is 0 Å². The van der Waals surface area contributed by atoms with Gasteiger partial charge in [-0.15, -0.1) is 0 Å². The standard InChI is InChI=1S/C4H9.Na.H/c1-3-4-2;;/h1,3-4H2,2H3;;. The van der Waals surface area contributed by atoms with E-state index in [2.05, 4.69) is 13.8 Å². The summed E-state index contributed by atoms with van der Waals surface area (Å²) in [6, 6.07) is 0. The molecule has 5 heavy (non-hydrogen) atoms. The van der Waals surface area contributed by atoms with Crippen LogP contribution in [0.2, 0.25) is 0 Å². The van der Waals surface area contributed by atoms with Crippen molar-refractivity contribution < 1.29 is 0 Å². The fourth-order valence-corrected chi connectivity index (χ4v) is 0. The van der Waals surface area contributed by atoms with Gasteiger partial charge in [0.1, 0.15) is 0 Å². The van der Waals surface area contributed by atoms with Crippen molar-refractivity contribution in [2.45, 2.75) is 19.8 Å². The van der Waals surface area contributed by atoms with Gasteiger partial charge in [0.2, 0.25) is 0 Å². The summed E-state index contributed by atoms with van der Waals surface area (Å²) < 4.78 is 0. The van der Waals surface area contributed by atoms with Gasteiger partial charge in [-0.3, -0.25) is 0 Å². The Morgan fingerprint density at radius 3 is 1.80 bits per heavy atom. The minimum absolute atomic E-state index is 0. The molecule has 0 rings (SSSR count). The van der Waals surface area contributed by atoms with E-state index in [1.54, 1.807) is 0 Å². The van der Waals surface area contributed by atoms with Crippen LogP contribution >= 0.6 is 0 Å². The molecule has 0 atom stereocenters. The molecule has 0 aromatic heterocycles. The van der Waals surface area contributed by atoms with Gasteiger partial charge >= 0.3 is 29.6 Å². The zero-order valence-electron chi connectivity index (χ0n) is 3.12.